The van der Waals surface area contributed by atoms with Crippen LogP contribution in [0.25, 0.3) is 0 Å². The van der Waals surface area contributed by atoms with Gasteiger partial charge in [0.15, 0.2) is 0 Å². The second kappa shape index (κ2) is 6.88. The molecule has 0 radical (unpaired) electrons. The minimum Gasteiger partial charge on any atom is -0.392 e. The van der Waals surface area contributed by atoms with Crippen LogP contribution in [0.1, 0.15) is 39.5 Å². The summed E-state index contributed by atoms with van der Waals surface area (Å²) in [5.41, 5.74) is 0. The van der Waals surface area contributed by atoms with E-state index in [2.05, 4.69) is 23.6 Å². The Labute approximate surface area is 112 Å². The maximum Gasteiger partial charge on any atom is 0.0695 e. The van der Waals surface area contributed by atoms with Crippen molar-refractivity contribution in [3.05, 3.63) is 0 Å². The first kappa shape index (κ1) is 14.3. The fraction of sp³-hybridized carbons (Fsp3) is 1.00. The van der Waals surface area contributed by atoms with Crippen molar-refractivity contribution in [2.45, 2.75) is 45.6 Å². The summed E-state index contributed by atoms with van der Waals surface area (Å²) in [7, 11) is 0. The molecule has 0 amide bonds. The SMILES string of the molecule is CC(C)CN1CCN(CC(O)C2CCCC2)CC1. The molecule has 2 rings (SSSR count). The van der Waals surface area contributed by atoms with Gasteiger partial charge in [0.05, 0.1) is 6.10 Å². The van der Waals surface area contributed by atoms with Crippen molar-refractivity contribution in [3.63, 3.8) is 0 Å². The summed E-state index contributed by atoms with van der Waals surface area (Å²) in [5.74, 6) is 1.35. The van der Waals surface area contributed by atoms with Crippen LogP contribution < -0.4 is 0 Å². The smallest absolute Gasteiger partial charge is 0.0695 e. The average molecular weight is 254 g/mol. The lowest BCUT2D eigenvalue weighted by atomic mass is 10.0. The molecule has 0 aromatic rings. The zero-order valence-electron chi connectivity index (χ0n) is 12.1. The largest absolute Gasteiger partial charge is 0.392 e. The number of rotatable bonds is 5. The molecule has 0 bridgehead atoms. The number of hydrogen-bond donors (Lipinski definition) is 1. The topological polar surface area (TPSA) is 26.7 Å². The predicted molar refractivity (Wildman–Crippen MR) is 75.7 cm³/mol. The zero-order chi connectivity index (χ0) is 13.0. The van der Waals surface area contributed by atoms with Gasteiger partial charge < -0.3 is 10.0 Å². The van der Waals surface area contributed by atoms with Crippen molar-refractivity contribution in [2.75, 3.05) is 39.3 Å². The molecule has 0 aromatic heterocycles. The third-order valence-electron chi connectivity index (χ3n) is 4.48. The first-order valence-corrected chi connectivity index (χ1v) is 7.78. The number of piperazine rings is 1. The number of nitrogens with zero attached hydrogens (tertiary/aromatic N) is 2. The highest BCUT2D eigenvalue weighted by Crippen LogP contribution is 2.28. The van der Waals surface area contributed by atoms with E-state index in [4.69, 9.17) is 0 Å². The van der Waals surface area contributed by atoms with Crippen LogP contribution in [0.3, 0.4) is 0 Å². The molecule has 3 heteroatoms. The van der Waals surface area contributed by atoms with E-state index in [9.17, 15) is 5.11 Å². The molecule has 18 heavy (non-hydrogen) atoms. The molecule has 1 heterocycles. The summed E-state index contributed by atoms with van der Waals surface area (Å²) >= 11 is 0. The van der Waals surface area contributed by atoms with Gasteiger partial charge in [-0.25, -0.2) is 0 Å². The maximum atomic E-state index is 10.3. The van der Waals surface area contributed by atoms with Crippen LogP contribution in [0.2, 0.25) is 0 Å². The van der Waals surface area contributed by atoms with Gasteiger partial charge in [-0.2, -0.15) is 0 Å². The maximum absolute atomic E-state index is 10.3. The number of aliphatic hydroxyl groups is 1. The summed E-state index contributed by atoms with van der Waals surface area (Å²) < 4.78 is 0. The lowest BCUT2D eigenvalue weighted by Crippen LogP contribution is -2.50. The minimum absolute atomic E-state index is 0.0795. The summed E-state index contributed by atoms with van der Waals surface area (Å²) in [4.78, 5) is 5.02. The molecular formula is C15H30N2O. The monoisotopic (exact) mass is 254 g/mol. The standard InChI is InChI=1S/C15H30N2O/c1-13(2)11-16-7-9-17(10-8-16)12-15(18)14-5-3-4-6-14/h13-15,18H,3-12H2,1-2H3. The second-order valence-electron chi connectivity index (χ2n) is 6.61. The van der Waals surface area contributed by atoms with E-state index in [1.807, 2.05) is 0 Å². The van der Waals surface area contributed by atoms with Gasteiger partial charge >= 0.3 is 0 Å². The van der Waals surface area contributed by atoms with Crippen LogP contribution in [0.4, 0.5) is 0 Å². The van der Waals surface area contributed by atoms with Gasteiger partial charge in [0, 0.05) is 39.3 Å². The van der Waals surface area contributed by atoms with Crippen LogP contribution in [-0.4, -0.2) is 60.3 Å². The molecule has 2 aliphatic rings. The van der Waals surface area contributed by atoms with E-state index in [0.29, 0.717) is 5.92 Å². The van der Waals surface area contributed by atoms with E-state index in [0.717, 1.165) is 25.6 Å². The van der Waals surface area contributed by atoms with E-state index >= 15 is 0 Å². The van der Waals surface area contributed by atoms with Crippen molar-refractivity contribution in [3.8, 4) is 0 Å². The number of aliphatic hydroxyl groups excluding tert-OH is 1. The Hall–Kier alpha value is -0.120. The van der Waals surface area contributed by atoms with Gasteiger partial charge in [-0.05, 0) is 24.7 Å². The fourth-order valence-electron chi connectivity index (χ4n) is 3.43. The van der Waals surface area contributed by atoms with Crippen LogP contribution in [-0.2, 0) is 0 Å². The number of hydrogen-bond acceptors (Lipinski definition) is 3. The molecule has 2 fully saturated rings. The Bertz CT molecular complexity index is 231. The molecule has 3 nitrogen and oxygen atoms in total. The molecule has 1 N–H and O–H groups in total. The van der Waals surface area contributed by atoms with Crippen LogP contribution >= 0.6 is 0 Å². The molecule has 1 unspecified atom stereocenters. The summed E-state index contributed by atoms with van der Waals surface area (Å²) in [6, 6.07) is 0. The predicted octanol–water partition coefficient (Wildman–Crippen LogP) is 1.81. The Morgan fingerprint density at radius 2 is 1.44 bits per heavy atom. The zero-order valence-corrected chi connectivity index (χ0v) is 12.1. The van der Waals surface area contributed by atoms with E-state index in [-0.39, 0.29) is 6.10 Å². The van der Waals surface area contributed by atoms with E-state index in [1.165, 1.54) is 45.3 Å². The van der Waals surface area contributed by atoms with Gasteiger partial charge in [-0.3, -0.25) is 4.90 Å². The quantitative estimate of drug-likeness (QED) is 0.810. The first-order valence-electron chi connectivity index (χ1n) is 7.78. The highest BCUT2D eigenvalue weighted by Gasteiger charge is 2.26. The van der Waals surface area contributed by atoms with Crippen molar-refractivity contribution < 1.29 is 5.11 Å². The van der Waals surface area contributed by atoms with Gasteiger partial charge in [0.2, 0.25) is 0 Å². The molecule has 1 atom stereocenters. The van der Waals surface area contributed by atoms with E-state index in [1.54, 1.807) is 0 Å². The van der Waals surface area contributed by atoms with Gasteiger partial charge in [0.1, 0.15) is 0 Å². The lowest BCUT2D eigenvalue weighted by Gasteiger charge is -2.37. The van der Waals surface area contributed by atoms with Crippen LogP contribution in [0.5, 0.6) is 0 Å². The summed E-state index contributed by atoms with van der Waals surface area (Å²) in [5, 5.41) is 10.3. The van der Waals surface area contributed by atoms with Crippen molar-refractivity contribution in [2.24, 2.45) is 11.8 Å². The number of β-amino-alcohol motifs (C(OH)–C–C–N with tert-alkyl or cyclic N) is 1. The Morgan fingerprint density at radius 3 is 1.94 bits per heavy atom. The van der Waals surface area contributed by atoms with Crippen molar-refractivity contribution in [1.82, 2.24) is 9.80 Å². The summed E-state index contributed by atoms with van der Waals surface area (Å²) in [6.07, 6.45) is 5.06. The Morgan fingerprint density at radius 1 is 0.944 bits per heavy atom. The molecule has 0 spiro atoms. The highest BCUT2D eigenvalue weighted by molar-refractivity contribution is 4.80. The van der Waals surface area contributed by atoms with Crippen LogP contribution in [0.15, 0.2) is 0 Å². The third kappa shape index (κ3) is 4.22. The molecule has 1 aliphatic carbocycles. The normalized spacial score (nSPS) is 26.0. The second-order valence-corrected chi connectivity index (χ2v) is 6.61. The van der Waals surface area contributed by atoms with Gasteiger partial charge in [0.25, 0.3) is 0 Å². The summed E-state index contributed by atoms with van der Waals surface area (Å²) in [6.45, 7) is 11.3. The van der Waals surface area contributed by atoms with Crippen molar-refractivity contribution >= 4 is 0 Å². The minimum atomic E-state index is -0.0795. The van der Waals surface area contributed by atoms with Gasteiger partial charge in [-0.15, -0.1) is 0 Å². The average Bonchev–Trinajstić information content (AvgIpc) is 2.84. The molecule has 0 aromatic carbocycles. The third-order valence-corrected chi connectivity index (χ3v) is 4.48. The molecule has 1 saturated carbocycles. The van der Waals surface area contributed by atoms with E-state index < -0.39 is 0 Å². The molecule has 1 aliphatic heterocycles. The molecule has 106 valence electrons. The van der Waals surface area contributed by atoms with Gasteiger partial charge in [-0.1, -0.05) is 26.7 Å². The van der Waals surface area contributed by atoms with Crippen molar-refractivity contribution in [1.29, 1.82) is 0 Å². The molecular weight excluding hydrogens is 224 g/mol. The molecule has 1 saturated heterocycles. The first-order chi connectivity index (χ1) is 8.65. The Kier molecular flexibility index (Phi) is 5.46. The lowest BCUT2D eigenvalue weighted by molar-refractivity contribution is 0.0404. The highest BCUT2D eigenvalue weighted by atomic mass is 16.3. The fourth-order valence-corrected chi connectivity index (χ4v) is 3.43. The van der Waals surface area contributed by atoms with Crippen LogP contribution in [0, 0.1) is 11.8 Å². The Balaban J connectivity index is 1.66.